The standard InChI is InChI=1S/C26H29F3N6O3S/c27-26(28,29)17-3-4-19(30-7-17)39(37,38)25-10-24(11-25,12-25)18-8-34(9-18)22(36)35-13-23(14-35)5-16(6-23)21-31-20(32-33-21)15-1-2-15/h3-4,7,15-16,18H,1-2,5-6,8-14H2,(H,31,32,33). The van der Waals surface area contributed by atoms with Crippen LogP contribution in [0.2, 0.25) is 0 Å². The van der Waals surface area contributed by atoms with E-state index >= 15 is 0 Å². The summed E-state index contributed by atoms with van der Waals surface area (Å²) in [6, 6.07) is 1.81. The first kappa shape index (κ1) is 24.1. The average molecular weight is 563 g/mol. The van der Waals surface area contributed by atoms with Gasteiger partial charge in [-0.05, 0) is 62.5 Å². The van der Waals surface area contributed by atoms with Crippen molar-refractivity contribution >= 4 is 15.9 Å². The van der Waals surface area contributed by atoms with E-state index in [1.54, 1.807) is 0 Å². The fraction of sp³-hybridized carbons (Fsp3) is 0.692. The second kappa shape index (κ2) is 7.32. The van der Waals surface area contributed by atoms with Gasteiger partial charge in [-0.3, -0.25) is 5.10 Å². The molecule has 208 valence electrons. The number of aromatic nitrogens is 4. The van der Waals surface area contributed by atoms with Gasteiger partial charge in [0.25, 0.3) is 0 Å². The number of rotatable bonds is 5. The third-order valence-electron chi connectivity index (χ3n) is 10.5. The number of carbonyl (C=O) groups excluding carboxylic acids is 1. The van der Waals surface area contributed by atoms with Crippen molar-refractivity contribution in [2.75, 3.05) is 26.2 Å². The summed E-state index contributed by atoms with van der Waals surface area (Å²) in [4.78, 5) is 25.1. The van der Waals surface area contributed by atoms with Gasteiger partial charge in [0.05, 0.1) is 10.3 Å². The fourth-order valence-corrected chi connectivity index (χ4v) is 10.3. The molecule has 7 aliphatic rings. The van der Waals surface area contributed by atoms with Gasteiger partial charge in [-0.15, -0.1) is 0 Å². The van der Waals surface area contributed by atoms with Gasteiger partial charge in [-0.2, -0.15) is 18.3 Å². The van der Waals surface area contributed by atoms with Crippen LogP contribution in [-0.4, -0.2) is 75.3 Å². The smallest absolute Gasteiger partial charge is 0.324 e. The monoisotopic (exact) mass is 562 g/mol. The molecule has 0 atom stereocenters. The van der Waals surface area contributed by atoms with Gasteiger partial charge in [0, 0.05) is 55.5 Å². The molecule has 2 aromatic heterocycles. The van der Waals surface area contributed by atoms with Crippen LogP contribution in [-0.2, 0) is 16.0 Å². The number of likely N-dealkylation sites (tertiary alicyclic amines) is 2. The Morgan fingerprint density at radius 3 is 2.31 bits per heavy atom. The van der Waals surface area contributed by atoms with E-state index in [4.69, 9.17) is 0 Å². The Labute approximate surface area is 223 Å². The normalized spacial score (nSPS) is 31.7. The van der Waals surface area contributed by atoms with Crippen LogP contribution in [0.15, 0.2) is 23.4 Å². The number of amides is 2. The molecule has 0 aromatic carbocycles. The number of urea groups is 1. The van der Waals surface area contributed by atoms with Crippen LogP contribution in [0.3, 0.4) is 0 Å². The summed E-state index contributed by atoms with van der Waals surface area (Å²) in [6.45, 7) is 2.83. The maximum absolute atomic E-state index is 13.1. The van der Waals surface area contributed by atoms with Crippen molar-refractivity contribution in [3.8, 4) is 0 Å². The summed E-state index contributed by atoms with van der Waals surface area (Å²) >= 11 is 0. The summed E-state index contributed by atoms with van der Waals surface area (Å²) < 4.78 is 63.8. The molecule has 1 spiro atoms. The highest BCUT2D eigenvalue weighted by Gasteiger charge is 2.77. The summed E-state index contributed by atoms with van der Waals surface area (Å²) in [7, 11) is -3.80. The number of carbonyl (C=O) groups is 1. The van der Waals surface area contributed by atoms with Gasteiger partial charge < -0.3 is 9.80 Å². The lowest BCUT2D eigenvalue weighted by Gasteiger charge is -2.74. The van der Waals surface area contributed by atoms with Crippen molar-refractivity contribution in [2.24, 2.45) is 16.7 Å². The number of nitrogens with one attached hydrogen (secondary N) is 1. The summed E-state index contributed by atoms with van der Waals surface area (Å²) in [5, 5.41) is 7.22. The quantitative estimate of drug-likeness (QED) is 0.595. The molecule has 2 saturated heterocycles. The average Bonchev–Trinajstić information content (AvgIpc) is 3.48. The van der Waals surface area contributed by atoms with E-state index in [1.165, 1.54) is 12.8 Å². The first-order chi connectivity index (χ1) is 18.4. The fourth-order valence-electron chi connectivity index (χ4n) is 7.97. The summed E-state index contributed by atoms with van der Waals surface area (Å²) in [6.07, 6.45) is 1.95. The number of aromatic amines is 1. The number of H-pyrrole nitrogens is 1. The highest BCUT2D eigenvalue weighted by atomic mass is 32.2. The first-order valence-electron chi connectivity index (χ1n) is 13.7. The molecule has 2 amide bonds. The topological polar surface area (TPSA) is 112 Å². The number of sulfone groups is 1. The van der Waals surface area contributed by atoms with Crippen LogP contribution in [0.5, 0.6) is 0 Å². The maximum Gasteiger partial charge on any atom is 0.417 e. The molecule has 1 N–H and O–H groups in total. The van der Waals surface area contributed by atoms with Crippen molar-refractivity contribution in [3.63, 3.8) is 0 Å². The molecule has 0 radical (unpaired) electrons. The maximum atomic E-state index is 13.1. The zero-order valence-electron chi connectivity index (χ0n) is 21.2. The molecule has 2 bridgehead atoms. The Balaban J connectivity index is 0.815. The van der Waals surface area contributed by atoms with Crippen molar-refractivity contribution in [2.45, 2.75) is 72.7 Å². The number of nitrogens with zero attached hydrogens (tertiary/aromatic N) is 5. The molecule has 39 heavy (non-hydrogen) atoms. The molecule has 0 unspecified atom stereocenters. The van der Waals surface area contributed by atoms with E-state index in [0.717, 1.165) is 49.7 Å². The minimum absolute atomic E-state index is 0.0668. The van der Waals surface area contributed by atoms with Crippen molar-refractivity contribution in [1.29, 1.82) is 0 Å². The molecule has 4 heterocycles. The van der Waals surface area contributed by atoms with Gasteiger partial charge >= 0.3 is 12.2 Å². The van der Waals surface area contributed by atoms with E-state index < -0.39 is 26.3 Å². The number of hydrogen-bond donors (Lipinski definition) is 1. The third-order valence-corrected chi connectivity index (χ3v) is 12.8. The molecule has 13 heteroatoms. The van der Waals surface area contributed by atoms with Crippen LogP contribution in [0.1, 0.15) is 74.0 Å². The molecule has 5 aliphatic carbocycles. The lowest BCUT2D eigenvalue weighted by molar-refractivity contribution is -0.166. The van der Waals surface area contributed by atoms with Crippen LogP contribution in [0.25, 0.3) is 0 Å². The Bertz CT molecular complexity index is 1450. The van der Waals surface area contributed by atoms with E-state index in [0.29, 0.717) is 50.4 Å². The predicted octanol–water partition coefficient (Wildman–Crippen LogP) is 3.72. The molecular weight excluding hydrogens is 533 g/mol. The molecule has 5 saturated carbocycles. The Hall–Kier alpha value is -2.70. The van der Waals surface area contributed by atoms with E-state index in [9.17, 15) is 26.4 Å². The highest BCUT2D eigenvalue weighted by Crippen LogP contribution is 2.75. The largest absolute Gasteiger partial charge is 0.417 e. The lowest BCUT2D eigenvalue weighted by Crippen LogP contribution is -2.77. The number of alkyl halides is 3. The molecule has 9 rings (SSSR count). The minimum atomic E-state index is -4.56. The van der Waals surface area contributed by atoms with Crippen LogP contribution in [0, 0.1) is 16.7 Å². The van der Waals surface area contributed by atoms with Gasteiger partial charge in [-0.25, -0.2) is 23.2 Å². The predicted molar refractivity (Wildman–Crippen MR) is 130 cm³/mol. The Morgan fingerprint density at radius 2 is 1.72 bits per heavy atom. The van der Waals surface area contributed by atoms with Crippen LogP contribution >= 0.6 is 0 Å². The van der Waals surface area contributed by atoms with Crippen LogP contribution in [0.4, 0.5) is 18.0 Å². The van der Waals surface area contributed by atoms with Gasteiger partial charge in [0.1, 0.15) is 5.82 Å². The number of halogens is 3. The molecule has 2 aromatic rings. The van der Waals surface area contributed by atoms with Gasteiger partial charge in [0.2, 0.25) is 9.84 Å². The minimum Gasteiger partial charge on any atom is -0.324 e. The zero-order valence-corrected chi connectivity index (χ0v) is 22.1. The molecule has 9 nitrogen and oxygen atoms in total. The second-order valence-electron chi connectivity index (χ2n) is 13.2. The second-order valence-corrected chi connectivity index (χ2v) is 15.5. The zero-order chi connectivity index (χ0) is 27.0. The third kappa shape index (κ3) is 3.34. The van der Waals surface area contributed by atoms with Gasteiger partial charge in [-0.1, -0.05) is 0 Å². The number of pyridine rings is 1. The molecular formula is C26H29F3N6O3S. The van der Waals surface area contributed by atoms with E-state index in [2.05, 4.69) is 20.2 Å². The van der Waals surface area contributed by atoms with Crippen molar-refractivity contribution in [1.82, 2.24) is 30.0 Å². The lowest BCUT2D eigenvalue weighted by atomic mass is 9.38. The Morgan fingerprint density at radius 1 is 1.03 bits per heavy atom. The molecule has 7 fully saturated rings. The van der Waals surface area contributed by atoms with Crippen molar-refractivity contribution in [3.05, 3.63) is 35.5 Å². The van der Waals surface area contributed by atoms with Crippen molar-refractivity contribution < 1.29 is 26.4 Å². The van der Waals surface area contributed by atoms with E-state index in [-0.39, 0.29) is 27.8 Å². The summed E-state index contributed by atoms with van der Waals surface area (Å²) in [5.41, 5.74) is -0.841. The summed E-state index contributed by atoms with van der Waals surface area (Å²) in [5.74, 6) is 3.16. The highest BCUT2D eigenvalue weighted by molar-refractivity contribution is 7.93. The van der Waals surface area contributed by atoms with E-state index in [1.807, 2.05) is 9.80 Å². The number of hydrogen-bond acceptors (Lipinski definition) is 6. The SMILES string of the molecule is O=C(N1CC(C23CC(S(=O)(=O)c4ccc(C(F)(F)F)cn4)(C2)C3)C1)N1CC2(CC(c3n[nH]c(C4CC4)n3)C2)C1. The van der Waals surface area contributed by atoms with Gasteiger partial charge in [0.15, 0.2) is 10.9 Å². The first-order valence-corrected chi connectivity index (χ1v) is 15.1. The van der Waals surface area contributed by atoms with Crippen LogP contribution < -0.4 is 0 Å². The Kier molecular flexibility index (Phi) is 4.53. The molecule has 2 aliphatic heterocycles.